The molecule has 0 aliphatic carbocycles. The molecule has 7 nitrogen and oxygen atoms in total. The quantitative estimate of drug-likeness (QED) is 0.309. The third kappa shape index (κ3) is 3.24. The Morgan fingerprint density at radius 2 is 2.00 bits per heavy atom. The number of halogens is 1. The Morgan fingerprint density at radius 1 is 1.21 bits per heavy atom. The van der Waals surface area contributed by atoms with Crippen LogP contribution in [0.4, 0.5) is 10.1 Å². The number of furan rings is 1. The Balaban J connectivity index is 1.65. The molecule has 0 fully saturated rings. The summed E-state index contributed by atoms with van der Waals surface area (Å²) in [5.74, 6) is 0.821. The summed E-state index contributed by atoms with van der Waals surface area (Å²) in [6.07, 6.45) is 1.52. The molecule has 136 valence electrons. The van der Waals surface area contributed by atoms with Crippen molar-refractivity contribution < 1.29 is 13.7 Å². The van der Waals surface area contributed by atoms with E-state index in [1.54, 1.807) is 24.3 Å². The van der Waals surface area contributed by atoms with Gasteiger partial charge in [-0.25, -0.2) is 9.37 Å². The predicted octanol–water partition coefficient (Wildman–Crippen LogP) is 4.93. The van der Waals surface area contributed by atoms with E-state index in [1.165, 1.54) is 36.4 Å². The number of hydrogen-bond donors (Lipinski definition) is 1. The molecule has 2 aromatic carbocycles. The molecule has 2 aromatic heterocycles. The molecular formula is C20H11FN4O3. The molecule has 0 spiro atoms. The number of non-ortho nitro benzene ring substituents is 1. The Bertz CT molecular complexity index is 1260. The van der Waals surface area contributed by atoms with Gasteiger partial charge in [0.15, 0.2) is 0 Å². The van der Waals surface area contributed by atoms with Crippen LogP contribution < -0.4 is 0 Å². The number of nitro benzene ring substituents is 1. The standard InChI is InChI=1S/C20H11FN4O3/c21-14-3-7-17-18(10-14)24-20(23-17)13(11-22)9-16-6-8-19(28-16)12-1-4-15(5-2-12)25(26)27/h1-10H,(H,23,24)/b13-9+. The van der Waals surface area contributed by atoms with Crippen LogP contribution in [0.2, 0.25) is 0 Å². The number of fused-ring (bicyclic) bond motifs is 1. The maximum atomic E-state index is 13.3. The lowest BCUT2D eigenvalue weighted by Crippen LogP contribution is -1.86. The smallest absolute Gasteiger partial charge is 0.269 e. The van der Waals surface area contributed by atoms with Gasteiger partial charge < -0.3 is 9.40 Å². The average Bonchev–Trinajstić information content (AvgIpc) is 3.32. The van der Waals surface area contributed by atoms with E-state index in [1.807, 2.05) is 0 Å². The molecular weight excluding hydrogens is 363 g/mol. The minimum atomic E-state index is -0.474. The van der Waals surface area contributed by atoms with Gasteiger partial charge in [0.2, 0.25) is 0 Å². The van der Waals surface area contributed by atoms with Crippen LogP contribution in [-0.4, -0.2) is 14.9 Å². The van der Waals surface area contributed by atoms with E-state index in [9.17, 15) is 19.8 Å². The number of imidazole rings is 1. The number of aromatic nitrogens is 2. The normalized spacial score (nSPS) is 11.5. The van der Waals surface area contributed by atoms with E-state index >= 15 is 0 Å². The summed E-state index contributed by atoms with van der Waals surface area (Å²) in [6, 6.07) is 15.5. The van der Waals surface area contributed by atoms with Gasteiger partial charge in [0.05, 0.1) is 21.5 Å². The molecule has 0 atom stereocenters. The maximum Gasteiger partial charge on any atom is 0.269 e. The van der Waals surface area contributed by atoms with E-state index in [-0.39, 0.29) is 11.3 Å². The van der Waals surface area contributed by atoms with Gasteiger partial charge in [0.25, 0.3) is 5.69 Å². The number of nitriles is 1. The first-order valence-corrected chi connectivity index (χ1v) is 8.15. The summed E-state index contributed by atoms with van der Waals surface area (Å²) in [4.78, 5) is 17.5. The van der Waals surface area contributed by atoms with Gasteiger partial charge >= 0.3 is 0 Å². The van der Waals surface area contributed by atoms with Crippen molar-refractivity contribution in [1.29, 1.82) is 5.26 Å². The number of H-pyrrole nitrogens is 1. The van der Waals surface area contributed by atoms with Crippen LogP contribution in [0.1, 0.15) is 11.6 Å². The second kappa shape index (κ2) is 6.81. The molecule has 2 heterocycles. The molecule has 4 aromatic rings. The van der Waals surface area contributed by atoms with Gasteiger partial charge in [-0.2, -0.15) is 5.26 Å². The lowest BCUT2D eigenvalue weighted by molar-refractivity contribution is -0.384. The minimum absolute atomic E-state index is 0.0106. The zero-order valence-electron chi connectivity index (χ0n) is 14.2. The molecule has 0 aliphatic rings. The van der Waals surface area contributed by atoms with Gasteiger partial charge in [-0.3, -0.25) is 10.1 Å². The van der Waals surface area contributed by atoms with E-state index < -0.39 is 10.7 Å². The van der Waals surface area contributed by atoms with Crippen LogP contribution in [0.15, 0.2) is 59.0 Å². The van der Waals surface area contributed by atoms with E-state index in [4.69, 9.17) is 4.42 Å². The highest BCUT2D eigenvalue weighted by Crippen LogP contribution is 2.27. The first-order valence-electron chi connectivity index (χ1n) is 8.15. The van der Waals surface area contributed by atoms with Crippen molar-refractivity contribution in [2.45, 2.75) is 0 Å². The van der Waals surface area contributed by atoms with Crippen molar-refractivity contribution in [2.24, 2.45) is 0 Å². The number of rotatable bonds is 4. The Morgan fingerprint density at radius 3 is 2.71 bits per heavy atom. The van der Waals surface area contributed by atoms with Crippen molar-refractivity contribution in [3.05, 3.63) is 82.1 Å². The molecule has 0 bridgehead atoms. The number of nitrogens with one attached hydrogen (secondary N) is 1. The molecule has 28 heavy (non-hydrogen) atoms. The highest BCUT2D eigenvalue weighted by atomic mass is 19.1. The molecule has 1 N–H and O–H groups in total. The first-order chi connectivity index (χ1) is 13.5. The highest BCUT2D eigenvalue weighted by Gasteiger charge is 2.11. The summed E-state index contributed by atoms with van der Waals surface area (Å²) in [6.45, 7) is 0. The van der Waals surface area contributed by atoms with Crippen LogP contribution in [-0.2, 0) is 0 Å². The Labute approximate surface area is 157 Å². The van der Waals surface area contributed by atoms with Gasteiger partial charge in [-0.15, -0.1) is 0 Å². The number of benzene rings is 2. The maximum absolute atomic E-state index is 13.3. The zero-order chi connectivity index (χ0) is 19.7. The SMILES string of the molecule is N#C/C(=C\c1ccc(-c2ccc([N+](=O)[O-])cc2)o1)c1nc2ccc(F)cc2[nH]1. The largest absolute Gasteiger partial charge is 0.457 e. The average molecular weight is 374 g/mol. The number of nitrogens with zero attached hydrogens (tertiary/aromatic N) is 3. The van der Waals surface area contributed by atoms with Gasteiger partial charge in [-0.1, -0.05) is 0 Å². The Kier molecular flexibility index (Phi) is 4.18. The van der Waals surface area contributed by atoms with Gasteiger partial charge in [0.1, 0.15) is 29.2 Å². The van der Waals surface area contributed by atoms with Crippen molar-refractivity contribution in [3.8, 4) is 17.4 Å². The third-order valence-electron chi connectivity index (χ3n) is 4.10. The molecule has 0 amide bonds. The van der Waals surface area contributed by atoms with E-state index in [0.717, 1.165) is 0 Å². The summed E-state index contributed by atoms with van der Waals surface area (Å²) in [7, 11) is 0. The first kappa shape index (κ1) is 17.2. The summed E-state index contributed by atoms with van der Waals surface area (Å²) < 4.78 is 19.0. The van der Waals surface area contributed by atoms with Crippen molar-refractivity contribution in [2.75, 3.05) is 0 Å². The molecule has 8 heteroatoms. The zero-order valence-corrected chi connectivity index (χ0v) is 14.2. The number of nitro groups is 1. The summed E-state index contributed by atoms with van der Waals surface area (Å²) in [5, 5.41) is 20.2. The lowest BCUT2D eigenvalue weighted by Gasteiger charge is -1.97. The van der Waals surface area contributed by atoms with Crippen molar-refractivity contribution >= 4 is 28.4 Å². The summed E-state index contributed by atoms with van der Waals surface area (Å²) >= 11 is 0. The summed E-state index contributed by atoms with van der Waals surface area (Å²) in [5.41, 5.74) is 1.92. The van der Waals surface area contributed by atoms with E-state index in [2.05, 4.69) is 16.0 Å². The van der Waals surface area contributed by atoms with Gasteiger partial charge in [0, 0.05) is 23.8 Å². The molecule has 0 unspecified atom stereocenters. The van der Waals surface area contributed by atoms with Crippen LogP contribution in [0.3, 0.4) is 0 Å². The fourth-order valence-electron chi connectivity index (χ4n) is 2.74. The topological polar surface area (TPSA) is 109 Å². The second-order valence-corrected chi connectivity index (χ2v) is 5.92. The van der Waals surface area contributed by atoms with Gasteiger partial charge in [-0.05, 0) is 42.5 Å². The monoisotopic (exact) mass is 374 g/mol. The van der Waals surface area contributed by atoms with Crippen LogP contribution in [0.5, 0.6) is 0 Å². The second-order valence-electron chi connectivity index (χ2n) is 5.92. The van der Waals surface area contributed by atoms with Crippen LogP contribution in [0.25, 0.3) is 34.0 Å². The molecule has 0 saturated heterocycles. The molecule has 0 saturated carbocycles. The van der Waals surface area contributed by atoms with Crippen LogP contribution in [0, 0.1) is 27.3 Å². The predicted molar refractivity (Wildman–Crippen MR) is 100 cm³/mol. The number of aromatic amines is 1. The number of hydrogen-bond acceptors (Lipinski definition) is 5. The minimum Gasteiger partial charge on any atom is -0.457 e. The fraction of sp³-hybridized carbons (Fsp3) is 0. The highest BCUT2D eigenvalue weighted by molar-refractivity contribution is 5.89. The number of allylic oxidation sites excluding steroid dienone is 1. The van der Waals surface area contributed by atoms with Crippen molar-refractivity contribution in [1.82, 2.24) is 9.97 Å². The fourth-order valence-corrected chi connectivity index (χ4v) is 2.74. The van der Waals surface area contributed by atoms with E-state index in [0.29, 0.717) is 33.9 Å². The van der Waals surface area contributed by atoms with Crippen molar-refractivity contribution in [3.63, 3.8) is 0 Å². The lowest BCUT2D eigenvalue weighted by atomic mass is 10.1. The van der Waals surface area contributed by atoms with Crippen LogP contribution >= 0.6 is 0 Å². The molecule has 4 rings (SSSR count). The molecule has 0 radical (unpaired) electrons. The third-order valence-corrected chi connectivity index (χ3v) is 4.10. The molecule has 0 aliphatic heterocycles. The Hall–Kier alpha value is -4.25.